The van der Waals surface area contributed by atoms with Crippen LogP contribution in [0.2, 0.25) is 0 Å². The van der Waals surface area contributed by atoms with Crippen molar-refractivity contribution >= 4 is 39.8 Å². The van der Waals surface area contributed by atoms with Crippen molar-refractivity contribution in [3.05, 3.63) is 86.3 Å². The molecule has 0 saturated heterocycles. The maximum atomic E-state index is 13.3. The van der Waals surface area contributed by atoms with E-state index in [4.69, 9.17) is 4.98 Å². The molecule has 0 aliphatic rings. The van der Waals surface area contributed by atoms with Crippen LogP contribution in [0.3, 0.4) is 0 Å². The molecule has 0 radical (unpaired) electrons. The first-order chi connectivity index (χ1) is 13.5. The lowest BCUT2D eigenvalue weighted by molar-refractivity contribution is 0.102. The van der Waals surface area contributed by atoms with E-state index in [1.807, 2.05) is 61.7 Å². The lowest BCUT2D eigenvalue weighted by Gasteiger charge is -2.14. The SMILES string of the molecule is Cc1cc(C)cc(-n2c(SCC(=O)c3cccs3)nc3ccccc3c2=O)c1. The van der Waals surface area contributed by atoms with Crippen LogP contribution in [0.25, 0.3) is 16.6 Å². The summed E-state index contributed by atoms with van der Waals surface area (Å²) >= 11 is 2.72. The zero-order chi connectivity index (χ0) is 19.7. The third kappa shape index (κ3) is 3.66. The highest BCUT2D eigenvalue weighted by Crippen LogP contribution is 2.24. The normalized spacial score (nSPS) is 11.1. The molecule has 4 rings (SSSR count). The summed E-state index contributed by atoms with van der Waals surface area (Å²) in [5.74, 6) is 0.269. The second kappa shape index (κ2) is 7.73. The van der Waals surface area contributed by atoms with Crippen LogP contribution in [-0.4, -0.2) is 21.1 Å². The number of aryl methyl sites for hydroxylation is 2. The Morgan fingerprint density at radius 3 is 2.54 bits per heavy atom. The molecule has 2 aromatic carbocycles. The molecule has 0 aliphatic heterocycles. The van der Waals surface area contributed by atoms with Gasteiger partial charge in [-0.1, -0.05) is 36.0 Å². The van der Waals surface area contributed by atoms with Gasteiger partial charge in [-0.05, 0) is 60.7 Å². The van der Waals surface area contributed by atoms with E-state index in [0.29, 0.717) is 20.9 Å². The van der Waals surface area contributed by atoms with Crippen molar-refractivity contribution in [1.82, 2.24) is 9.55 Å². The van der Waals surface area contributed by atoms with E-state index >= 15 is 0 Å². The molecule has 0 amide bonds. The molecule has 4 nitrogen and oxygen atoms in total. The number of thiophene rings is 1. The van der Waals surface area contributed by atoms with Gasteiger partial charge in [0.25, 0.3) is 5.56 Å². The predicted octanol–water partition coefficient (Wildman–Crippen LogP) is 5.04. The number of ketones is 1. The fourth-order valence-corrected chi connectivity index (χ4v) is 4.81. The smallest absolute Gasteiger partial charge is 0.266 e. The fraction of sp³-hybridized carbons (Fsp3) is 0.136. The Morgan fingerprint density at radius 2 is 1.82 bits per heavy atom. The second-order valence-corrected chi connectivity index (χ2v) is 8.48. The lowest BCUT2D eigenvalue weighted by Crippen LogP contribution is -2.22. The maximum absolute atomic E-state index is 13.3. The highest BCUT2D eigenvalue weighted by atomic mass is 32.2. The molecule has 28 heavy (non-hydrogen) atoms. The second-order valence-electron chi connectivity index (χ2n) is 6.59. The van der Waals surface area contributed by atoms with E-state index in [9.17, 15) is 9.59 Å². The average molecular weight is 407 g/mol. The summed E-state index contributed by atoms with van der Waals surface area (Å²) in [5, 5.41) is 2.98. The highest BCUT2D eigenvalue weighted by molar-refractivity contribution is 7.99. The van der Waals surface area contributed by atoms with E-state index in [0.717, 1.165) is 16.8 Å². The molecule has 0 aliphatic carbocycles. The van der Waals surface area contributed by atoms with Crippen LogP contribution < -0.4 is 5.56 Å². The largest absolute Gasteiger partial charge is 0.292 e. The van der Waals surface area contributed by atoms with E-state index in [1.54, 1.807) is 10.6 Å². The number of Topliss-reactive ketones (excluding diaryl/α,β-unsaturated/α-hetero) is 1. The Bertz CT molecular complexity index is 1210. The standard InChI is InChI=1S/C22H18N2O2S2/c1-14-10-15(2)12-16(11-14)24-21(26)17-6-3-4-7-18(17)23-22(24)28-13-19(25)20-8-5-9-27-20/h3-12H,13H2,1-2H3. The van der Waals surface area contributed by atoms with Crippen molar-refractivity contribution in [3.63, 3.8) is 0 Å². The third-order valence-corrected chi connectivity index (χ3v) is 6.19. The highest BCUT2D eigenvalue weighted by Gasteiger charge is 2.16. The van der Waals surface area contributed by atoms with Crippen molar-refractivity contribution in [2.24, 2.45) is 0 Å². The molecule has 4 aromatic rings. The Morgan fingerprint density at radius 1 is 1.07 bits per heavy atom. The number of fused-ring (bicyclic) bond motifs is 1. The van der Waals surface area contributed by atoms with E-state index in [2.05, 4.69) is 6.07 Å². The summed E-state index contributed by atoms with van der Waals surface area (Å²) in [6, 6.07) is 17.0. The van der Waals surface area contributed by atoms with Gasteiger partial charge in [0.05, 0.1) is 27.2 Å². The summed E-state index contributed by atoms with van der Waals surface area (Å²) in [5.41, 5.74) is 3.43. The molecule has 0 fully saturated rings. The zero-order valence-corrected chi connectivity index (χ0v) is 17.1. The number of hydrogen-bond donors (Lipinski definition) is 0. The van der Waals surface area contributed by atoms with Gasteiger partial charge in [-0.15, -0.1) is 11.3 Å². The molecule has 0 spiro atoms. The minimum Gasteiger partial charge on any atom is -0.292 e. The van der Waals surface area contributed by atoms with Gasteiger partial charge in [-0.2, -0.15) is 0 Å². The van der Waals surface area contributed by atoms with Gasteiger partial charge in [-0.25, -0.2) is 4.98 Å². The number of hydrogen-bond acceptors (Lipinski definition) is 5. The van der Waals surface area contributed by atoms with Crippen molar-refractivity contribution in [2.75, 3.05) is 5.75 Å². The first kappa shape index (κ1) is 18.7. The minimum atomic E-state index is -0.123. The van der Waals surface area contributed by atoms with Gasteiger partial charge in [-0.3, -0.25) is 14.2 Å². The third-order valence-electron chi connectivity index (χ3n) is 4.34. The van der Waals surface area contributed by atoms with Crippen LogP contribution in [0.15, 0.2) is 69.9 Å². The number of thioether (sulfide) groups is 1. The number of rotatable bonds is 5. The van der Waals surface area contributed by atoms with Gasteiger partial charge in [0, 0.05) is 0 Å². The van der Waals surface area contributed by atoms with E-state index in [-0.39, 0.29) is 17.1 Å². The quantitative estimate of drug-likeness (QED) is 0.265. The molecule has 0 unspecified atom stereocenters. The first-order valence-corrected chi connectivity index (χ1v) is 10.7. The number of carbonyl (C=O) groups excluding carboxylic acids is 1. The van der Waals surface area contributed by atoms with Gasteiger partial charge in [0.1, 0.15) is 0 Å². The van der Waals surface area contributed by atoms with Gasteiger partial charge in [0.2, 0.25) is 0 Å². The average Bonchev–Trinajstić information content (AvgIpc) is 3.20. The van der Waals surface area contributed by atoms with Crippen LogP contribution >= 0.6 is 23.1 Å². The summed E-state index contributed by atoms with van der Waals surface area (Å²) < 4.78 is 1.62. The molecule has 0 N–H and O–H groups in total. The molecule has 6 heteroatoms. The molecule has 2 heterocycles. The van der Waals surface area contributed by atoms with E-state index in [1.165, 1.54) is 23.1 Å². The monoisotopic (exact) mass is 406 g/mol. The number of carbonyl (C=O) groups is 1. The Balaban J connectivity index is 1.83. The molecule has 0 bridgehead atoms. The molecule has 2 aromatic heterocycles. The van der Waals surface area contributed by atoms with E-state index < -0.39 is 0 Å². The molecule has 0 saturated carbocycles. The van der Waals surface area contributed by atoms with Crippen molar-refractivity contribution < 1.29 is 4.79 Å². The van der Waals surface area contributed by atoms with Crippen LogP contribution in [0.1, 0.15) is 20.8 Å². The van der Waals surface area contributed by atoms with Crippen molar-refractivity contribution in [2.45, 2.75) is 19.0 Å². The summed E-state index contributed by atoms with van der Waals surface area (Å²) in [7, 11) is 0. The number of para-hydroxylation sites is 1. The van der Waals surface area contributed by atoms with Crippen LogP contribution in [-0.2, 0) is 0 Å². The van der Waals surface area contributed by atoms with Gasteiger partial charge in [0.15, 0.2) is 10.9 Å². The van der Waals surface area contributed by atoms with Crippen molar-refractivity contribution in [1.29, 1.82) is 0 Å². The molecular weight excluding hydrogens is 388 g/mol. The van der Waals surface area contributed by atoms with Crippen LogP contribution in [0.4, 0.5) is 0 Å². The topological polar surface area (TPSA) is 52.0 Å². The lowest BCUT2D eigenvalue weighted by atomic mass is 10.1. The summed E-state index contributed by atoms with van der Waals surface area (Å²) in [6.07, 6.45) is 0. The molecular formula is C22H18N2O2S2. The number of benzene rings is 2. The van der Waals surface area contributed by atoms with Gasteiger partial charge >= 0.3 is 0 Å². The fourth-order valence-electron chi connectivity index (χ4n) is 3.16. The predicted molar refractivity (Wildman–Crippen MR) is 116 cm³/mol. The molecule has 140 valence electrons. The number of aromatic nitrogens is 2. The van der Waals surface area contributed by atoms with Crippen molar-refractivity contribution in [3.8, 4) is 5.69 Å². The maximum Gasteiger partial charge on any atom is 0.266 e. The zero-order valence-electron chi connectivity index (χ0n) is 15.5. The Labute approximate surface area is 170 Å². The van der Waals surface area contributed by atoms with Gasteiger partial charge < -0.3 is 0 Å². The summed E-state index contributed by atoms with van der Waals surface area (Å²) in [6.45, 7) is 4.01. The summed E-state index contributed by atoms with van der Waals surface area (Å²) in [4.78, 5) is 31.1. The first-order valence-electron chi connectivity index (χ1n) is 8.83. The van der Waals surface area contributed by atoms with Crippen LogP contribution in [0.5, 0.6) is 0 Å². The molecule has 0 atom stereocenters. The van der Waals surface area contributed by atoms with Crippen LogP contribution in [0, 0.1) is 13.8 Å². The Kier molecular flexibility index (Phi) is 5.15. The Hall–Kier alpha value is -2.70. The number of nitrogens with zero attached hydrogens (tertiary/aromatic N) is 2. The minimum absolute atomic E-state index is 0.0365.